The summed E-state index contributed by atoms with van der Waals surface area (Å²) in [7, 11) is 2.30. The van der Waals surface area contributed by atoms with Gasteiger partial charge in [-0.3, -0.25) is 0 Å². The van der Waals surface area contributed by atoms with Crippen molar-refractivity contribution in [3.05, 3.63) is 0 Å². The molecule has 2 heteroatoms. The molecule has 0 heterocycles. The van der Waals surface area contributed by atoms with E-state index in [0.29, 0.717) is 0 Å². The van der Waals surface area contributed by atoms with E-state index in [1.807, 2.05) is 0 Å². The van der Waals surface area contributed by atoms with Crippen LogP contribution in [0.5, 0.6) is 0 Å². The summed E-state index contributed by atoms with van der Waals surface area (Å²) in [5.74, 6) is 1.60. The number of rotatable bonds is 6. The van der Waals surface area contributed by atoms with Gasteiger partial charge in [-0.2, -0.15) is 0 Å². The lowest BCUT2D eigenvalue weighted by Crippen LogP contribution is -2.34. The van der Waals surface area contributed by atoms with E-state index in [0.717, 1.165) is 17.8 Å². The van der Waals surface area contributed by atoms with Gasteiger partial charge in [-0.15, -0.1) is 11.6 Å². The average Bonchev–Trinajstić information content (AvgIpc) is 2.27. The number of hydrogen-bond acceptors (Lipinski definition) is 1. The van der Waals surface area contributed by atoms with E-state index in [1.165, 1.54) is 51.5 Å². The van der Waals surface area contributed by atoms with Crippen LogP contribution in [0.1, 0.15) is 51.9 Å². The minimum absolute atomic E-state index is 0.786. The zero-order chi connectivity index (χ0) is 11.1. The van der Waals surface area contributed by atoms with Gasteiger partial charge in [0.05, 0.1) is 0 Å². The largest absolute Gasteiger partial charge is 0.303 e. The van der Waals surface area contributed by atoms with E-state index in [-0.39, 0.29) is 0 Å². The normalized spacial score (nSPS) is 20.8. The Labute approximate surface area is 100 Å². The van der Waals surface area contributed by atoms with E-state index in [4.69, 9.17) is 11.6 Å². The van der Waals surface area contributed by atoms with E-state index in [1.54, 1.807) is 0 Å². The lowest BCUT2D eigenvalue weighted by atomic mass is 9.94. The second kappa shape index (κ2) is 7.51. The molecule has 1 atom stereocenters. The van der Waals surface area contributed by atoms with E-state index in [9.17, 15) is 0 Å². The topological polar surface area (TPSA) is 3.24 Å². The minimum atomic E-state index is 0.786. The Morgan fingerprint density at radius 1 is 1.20 bits per heavy atom. The molecule has 0 saturated heterocycles. The SMILES string of the molecule is CC(CCCl)CCN(C)C1CCCCC1. The molecule has 0 N–H and O–H groups in total. The second-order valence-corrected chi connectivity index (χ2v) is 5.52. The highest BCUT2D eigenvalue weighted by Gasteiger charge is 2.17. The Hall–Kier alpha value is 0.250. The van der Waals surface area contributed by atoms with Crippen LogP contribution in [0.15, 0.2) is 0 Å². The molecule has 0 amide bonds. The van der Waals surface area contributed by atoms with Crippen molar-refractivity contribution in [1.82, 2.24) is 4.90 Å². The Bertz CT molecular complexity index is 155. The molecule has 0 aromatic carbocycles. The van der Waals surface area contributed by atoms with Gasteiger partial charge in [0.2, 0.25) is 0 Å². The summed E-state index contributed by atoms with van der Waals surface area (Å²) in [4.78, 5) is 2.57. The molecule has 1 unspecified atom stereocenters. The Morgan fingerprint density at radius 2 is 1.87 bits per heavy atom. The van der Waals surface area contributed by atoms with Crippen LogP contribution in [0.4, 0.5) is 0 Å². The zero-order valence-corrected chi connectivity index (χ0v) is 11.1. The summed E-state index contributed by atoms with van der Waals surface area (Å²) in [5.41, 5.74) is 0. The van der Waals surface area contributed by atoms with Gasteiger partial charge in [-0.25, -0.2) is 0 Å². The van der Waals surface area contributed by atoms with Crippen LogP contribution in [-0.4, -0.2) is 30.4 Å². The van der Waals surface area contributed by atoms with Gasteiger partial charge in [0, 0.05) is 11.9 Å². The fourth-order valence-corrected chi connectivity index (χ4v) is 2.83. The summed E-state index contributed by atoms with van der Waals surface area (Å²) >= 11 is 5.75. The van der Waals surface area contributed by atoms with Crippen molar-refractivity contribution in [1.29, 1.82) is 0 Å². The molecule has 0 radical (unpaired) electrons. The number of nitrogens with zero attached hydrogens (tertiary/aromatic N) is 1. The van der Waals surface area contributed by atoms with Crippen LogP contribution >= 0.6 is 11.6 Å². The summed E-state index contributed by atoms with van der Waals surface area (Å²) in [5, 5.41) is 0. The van der Waals surface area contributed by atoms with Gasteiger partial charge in [0.1, 0.15) is 0 Å². The number of hydrogen-bond donors (Lipinski definition) is 0. The monoisotopic (exact) mass is 231 g/mol. The van der Waals surface area contributed by atoms with Crippen LogP contribution < -0.4 is 0 Å². The van der Waals surface area contributed by atoms with Crippen LogP contribution in [0.3, 0.4) is 0 Å². The molecule has 0 aliphatic heterocycles. The highest BCUT2D eigenvalue weighted by molar-refractivity contribution is 6.17. The molecule has 1 aliphatic rings. The van der Waals surface area contributed by atoms with E-state index < -0.39 is 0 Å². The lowest BCUT2D eigenvalue weighted by Gasteiger charge is -2.31. The Kier molecular flexibility index (Phi) is 6.67. The smallest absolute Gasteiger partial charge is 0.0225 e. The van der Waals surface area contributed by atoms with Gasteiger partial charge in [0.15, 0.2) is 0 Å². The summed E-state index contributed by atoms with van der Waals surface area (Å²) in [6, 6.07) is 0.863. The third-order valence-electron chi connectivity index (χ3n) is 3.77. The van der Waals surface area contributed by atoms with Crippen LogP contribution in [0.25, 0.3) is 0 Å². The molecule has 15 heavy (non-hydrogen) atoms. The highest BCUT2D eigenvalue weighted by Crippen LogP contribution is 2.22. The summed E-state index contributed by atoms with van der Waals surface area (Å²) in [6.45, 7) is 3.57. The molecular weight excluding hydrogens is 206 g/mol. The molecule has 1 rings (SSSR count). The molecule has 90 valence electrons. The molecule has 1 fully saturated rings. The predicted octanol–water partition coefficient (Wildman–Crippen LogP) is 3.91. The molecule has 1 nitrogen and oxygen atoms in total. The maximum absolute atomic E-state index is 5.75. The quantitative estimate of drug-likeness (QED) is 0.627. The Morgan fingerprint density at radius 3 is 2.47 bits per heavy atom. The van der Waals surface area contributed by atoms with Crippen molar-refractivity contribution in [3.63, 3.8) is 0 Å². The zero-order valence-electron chi connectivity index (χ0n) is 10.3. The third kappa shape index (κ3) is 5.21. The maximum atomic E-state index is 5.75. The minimum Gasteiger partial charge on any atom is -0.303 e. The van der Waals surface area contributed by atoms with E-state index >= 15 is 0 Å². The van der Waals surface area contributed by atoms with E-state index in [2.05, 4.69) is 18.9 Å². The van der Waals surface area contributed by atoms with Crippen molar-refractivity contribution in [2.75, 3.05) is 19.5 Å². The number of alkyl halides is 1. The first-order valence-electron chi connectivity index (χ1n) is 6.50. The van der Waals surface area contributed by atoms with Crippen molar-refractivity contribution in [2.45, 2.75) is 57.9 Å². The number of halogens is 1. The fourth-order valence-electron chi connectivity index (χ4n) is 2.46. The molecule has 0 spiro atoms. The van der Waals surface area contributed by atoms with Crippen molar-refractivity contribution < 1.29 is 0 Å². The van der Waals surface area contributed by atoms with Crippen molar-refractivity contribution in [2.24, 2.45) is 5.92 Å². The first-order chi connectivity index (χ1) is 7.24. The first-order valence-corrected chi connectivity index (χ1v) is 7.03. The first kappa shape index (κ1) is 13.3. The second-order valence-electron chi connectivity index (χ2n) is 5.14. The molecule has 0 aromatic heterocycles. The van der Waals surface area contributed by atoms with Gasteiger partial charge < -0.3 is 4.90 Å². The highest BCUT2D eigenvalue weighted by atomic mass is 35.5. The molecule has 0 bridgehead atoms. The van der Waals surface area contributed by atoms with Gasteiger partial charge in [0.25, 0.3) is 0 Å². The van der Waals surface area contributed by atoms with Crippen LogP contribution in [0, 0.1) is 5.92 Å². The molecule has 0 aromatic rings. The molecular formula is C13H26ClN. The van der Waals surface area contributed by atoms with Crippen LogP contribution in [-0.2, 0) is 0 Å². The summed E-state index contributed by atoms with van der Waals surface area (Å²) in [6.07, 6.45) is 9.63. The van der Waals surface area contributed by atoms with Gasteiger partial charge in [-0.1, -0.05) is 26.2 Å². The van der Waals surface area contributed by atoms with Gasteiger partial charge >= 0.3 is 0 Å². The lowest BCUT2D eigenvalue weighted by molar-refractivity contribution is 0.181. The van der Waals surface area contributed by atoms with Gasteiger partial charge in [-0.05, 0) is 45.2 Å². The predicted molar refractivity (Wildman–Crippen MR) is 68.6 cm³/mol. The fraction of sp³-hybridized carbons (Fsp3) is 1.00. The molecule has 1 saturated carbocycles. The Balaban J connectivity index is 2.13. The van der Waals surface area contributed by atoms with Crippen molar-refractivity contribution in [3.8, 4) is 0 Å². The summed E-state index contributed by atoms with van der Waals surface area (Å²) < 4.78 is 0. The molecule has 1 aliphatic carbocycles. The van der Waals surface area contributed by atoms with Crippen LogP contribution in [0.2, 0.25) is 0 Å². The third-order valence-corrected chi connectivity index (χ3v) is 3.99. The maximum Gasteiger partial charge on any atom is 0.0225 e. The van der Waals surface area contributed by atoms with Crippen molar-refractivity contribution >= 4 is 11.6 Å². The average molecular weight is 232 g/mol. The standard InChI is InChI=1S/C13H26ClN/c1-12(8-10-14)9-11-15(2)13-6-4-3-5-7-13/h12-13H,3-11H2,1-2H3.